The lowest BCUT2D eigenvalue weighted by molar-refractivity contribution is 0.475. The number of anilines is 1. The zero-order valence-electron chi connectivity index (χ0n) is 18.2. The molecule has 5 nitrogen and oxygen atoms in total. The number of nitrogens with one attached hydrogen (secondary N) is 1. The van der Waals surface area contributed by atoms with Gasteiger partial charge in [0.15, 0.2) is 5.11 Å². The lowest BCUT2D eigenvalue weighted by Gasteiger charge is -2.29. The zero-order chi connectivity index (χ0) is 22.1. The molecule has 1 N–H and O–H groups in total. The summed E-state index contributed by atoms with van der Waals surface area (Å²) in [5.74, 6) is 1.40. The average Bonchev–Trinajstić information content (AvgIpc) is 3.55. The van der Waals surface area contributed by atoms with E-state index in [-0.39, 0.29) is 12.1 Å². The van der Waals surface area contributed by atoms with Crippen LogP contribution in [-0.2, 0) is 6.54 Å². The highest BCUT2D eigenvalue weighted by molar-refractivity contribution is 7.80. The Morgan fingerprint density at radius 2 is 1.88 bits per heavy atom. The Morgan fingerprint density at radius 3 is 2.56 bits per heavy atom. The third-order valence-electron chi connectivity index (χ3n) is 6.01. The van der Waals surface area contributed by atoms with Crippen molar-refractivity contribution in [2.75, 3.05) is 4.90 Å². The van der Waals surface area contributed by atoms with Crippen molar-refractivity contribution in [1.29, 1.82) is 0 Å². The van der Waals surface area contributed by atoms with Crippen LogP contribution < -0.4 is 10.2 Å². The normalized spacial score (nSPS) is 18.3. The Balaban J connectivity index is 1.58. The molecule has 2 atom stereocenters. The fraction of sp³-hybridized carbons (Fsp3) is 0.231. The van der Waals surface area contributed by atoms with E-state index in [1.807, 2.05) is 30.5 Å². The van der Waals surface area contributed by atoms with Gasteiger partial charge in [-0.3, -0.25) is 4.98 Å². The number of furan rings is 1. The Hall–Kier alpha value is -3.38. The van der Waals surface area contributed by atoms with Crippen molar-refractivity contribution in [2.24, 2.45) is 0 Å². The second kappa shape index (κ2) is 8.63. The van der Waals surface area contributed by atoms with E-state index in [0.29, 0.717) is 17.6 Å². The van der Waals surface area contributed by atoms with Crippen LogP contribution in [0.1, 0.15) is 54.6 Å². The van der Waals surface area contributed by atoms with Crippen molar-refractivity contribution >= 4 is 23.0 Å². The highest BCUT2D eigenvalue weighted by Gasteiger charge is 2.42. The third-order valence-corrected chi connectivity index (χ3v) is 6.32. The van der Waals surface area contributed by atoms with Crippen molar-refractivity contribution in [3.63, 3.8) is 0 Å². The SMILES string of the molecule is CC(C)c1ccc(N2C(=S)N[C@H](c3ccccn3)[C@@H]2c2cccn2Cc2ccco2)cc1. The molecule has 162 valence electrons. The van der Waals surface area contributed by atoms with Gasteiger partial charge in [0.25, 0.3) is 0 Å². The monoisotopic (exact) mass is 442 g/mol. The maximum absolute atomic E-state index is 5.85. The van der Waals surface area contributed by atoms with E-state index in [4.69, 9.17) is 16.6 Å². The predicted octanol–water partition coefficient (Wildman–Crippen LogP) is 5.82. The van der Waals surface area contributed by atoms with Gasteiger partial charge in [0, 0.05) is 23.8 Å². The fourth-order valence-corrected chi connectivity index (χ4v) is 4.71. The fourth-order valence-electron chi connectivity index (χ4n) is 4.36. The minimum atomic E-state index is -0.0706. The third kappa shape index (κ3) is 3.82. The van der Waals surface area contributed by atoms with E-state index in [0.717, 1.165) is 22.8 Å². The first-order chi connectivity index (χ1) is 15.6. The lowest BCUT2D eigenvalue weighted by atomic mass is 9.99. The second-order valence-corrected chi connectivity index (χ2v) is 8.77. The van der Waals surface area contributed by atoms with Gasteiger partial charge in [-0.05, 0) is 72.2 Å². The summed E-state index contributed by atoms with van der Waals surface area (Å²) in [6, 6.07) is 22.8. The van der Waals surface area contributed by atoms with Crippen LogP contribution in [-0.4, -0.2) is 14.7 Å². The summed E-state index contributed by atoms with van der Waals surface area (Å²) in [6.45, 7) is 5.07. The van der Waals surface area contributed by atoms with E-state index in [2.05, 4.69) is 82.3 Å². The molecule has 0 radical (unpaired) electrons. The van der Waals surface area contributed by atoms with Crippen LogP contribution >= 0.6 is 12.2 Å². The molecule has 4 aromatic rings. The van der Waals surface area contributed by atoms with Gasteiger partial charge in [0.05, 0.1) is 24.5 Å². The van der Waals surface area contributed by atoms with E-state index < -0.39 is 0 Å². The number of hydrogen-bond acceptors (Lipinski definition) is 3. The van der Waals surface area contributed by atoms with Crippen molar-refractivity contribution in [2.45, 2.75) is 38.4 Å². The number of benzene rings is 1. The molecule has 3 aromatic heterocycles. The van der Waals surface area contributed by atoms with Crippen LogP contribution in [0.5, 0.6) is 0 Å². The Morgan fingerprint density at radius 1 is 1.03 bits per heavy atom. The van der Waals surface area contributed by atoms with Crippen LogP contribution in [0, 0.1) is 0 Å². The van der Waals surface area contributed by atoms with Gasteiger partial charge in [-0.25, -0.2) is 0 Å². The minimum Gasteiger partial charge on any atom is -0.467 e. The highest BCUT2D eigenvalue weighted by atomic mass is 32.1. The van der Waals surface area contributed by atoms with Crippen molar-refractivity contribution in [3.05, 3.63) is 108 Å². The van der Waals surface area contributed by atoms with Gasteiger partial charge in [-0.15, -0.1) is 0 Å². The molecule has 5 rings (SSSR count). The van der Waals surface area contributed by atoms with Crippen LogP contribution in [0.4, 0.5) is 5.69 Å². The first-order valence-corrected chi connectivity index (χ1v) is 11.3. The summed E-state index contributed by atoms with van der Waals surface area (Å²) < 4.78 is 7.84. The summed E-state index contributed by atoms with van der Waals surface area (Å²) in [4.78, 5) is 6.86. The van der Waals surface area contributed by atoms with Gasteiger partial charge >= 0.3 is 0 Å². The molecule has 1 fully saturated rings. The molecule has 4 heterocycles. The zero-order valence-corrected chi connectivity index (χ0v) is 19.0. The Labute approximate surface area is 193 Å². The molecule has 0 bridgehead atoms. The molecule has 0 unspecified atom stereocenters. The second-order valence-electron chi connectivity index (χ2n) is 8.38. The number of hydrogen-bond donors (Lipinski definition) is 1. The van der Waals surface area contributed by atoms with E-state index in [1.54, 1.807) is 6.26 Å². The molecule has 1 aliphatic heterocycles. The number of aromatic nitrogens is 2. The largest absolute Gasteiger partial charge is 0.467 e. The summed E-state index contributed by atoms with van der Waals surface area (Å²) in [7, 11) is 0. The predicted molar refractivity (Wildman–Crippen MR) is 131 cm³/mol. The van der Waals surface area contributed by atoms with Crippen LogP contribution in [0.25, 0.3) is 0 Å². The summed E-state index contributed by atoms with van der Waals surface area (Å²) in [5.41, 5.74) is 4.50. The molecule has 0 spiro atoms. The van der Waals surface area contributed by atoms with Gasteiger partial charge in [0.2, 0.25) is 0 Å². The summed E-state index contributed by atoms with van der Waals surface area (Å²) >= 11 is 5.85. The maximum Gasteiger partial charge on any atom is 0.174 e. The standard InChI is InChI=1S/C26H26N4OS/c1-18(2)19-10-12-20(13-11-19)30-25(24(28-26(30)32)22-8-3-4-14-27-22)23-9-5-15-29(23)17-21-7-6-16-31-21/h3-16,18,24-25H,17H2,1-2H3,(H,28,32)/t24-,25+/m1/s1. The maximum atomic E-state index is 5.85. The highest BCUT2D eigenvalue weighted by Crippen LogP contribution is 2.42. The molecule has 0 saturated carbocycles. The molecule has 0 amide bonds. The summed E-state index contributed by atoms with van der Waals surface area (Å²) in [6.07, 6.45) is 5.64. The molecular weight excluding hydrogens is 416 g/mol. The Bertz CT molecular complexity index is 1180. The first kappa shape index (κ1) is 20.5. The Kier molecular flexibility index (Phi) is 5.53. The lowest BCUT2D eigenvalue weighted by Crippen LogP contribution is -2.30. The van der Waals surface area contributed by atoms with E-state index >= 15 is 0 Å². The summed E-state index contributed by atoms with van der Waals surface area (Å²) in [5, 5.41) is 4.24. The van der Waals surface area contributed by atoms with Crippen molar-refractivity contribution < 1.29 is 4.42 Å². The molecule has 6 heteroatoms. The molecule has 1 aliphatic rings. The van der Waals surface area contributed by atoms with Crippen molar-refractivity contribution in [3.8, 4) is 0 Å². The van der Waals surface area contributed by atoms with E-state index in [9.17, 15) is 0 Å². The van der Waals surface area contributed by atoms with Crippen molar-refractivity contribution in [1.82, 2.24) is 14.9 Å². The van der Waals surface area contributed by atoms with Crippen LogP contribution in [0.15, 0.2) is 89.8 Å². The smallest absolute Gasteiger partial charge is 0.174 e. The van der Waals surface area contributed by atoms with Gasteiger partial charge in [0.1, 0.15) is 11.8 Å². The van der Waals surface area contributed by atoms with Crippen LogP contribution in [0.3, 0.4) is 0 Å². The molecule has 0 aliphatic carbocycles. The quantitative estimate of drug-likeness (QED) is 0.381. The number of thiocarbonyl (C=S) groups is 1. The average molecular weight is 443 g/mol. The first-order valence-electron chi connectivity index (χ1n) is 10.9. The van der Waals surface area contributed by atoms with Crippen LogP contribution in [0.2, 0.25) is 0 Å². The van der Waals surface area contributed by atoms with Gasteiger partial charge < -0.3 is 19.2 Å². The number of nitrogens with zero attached hydrogens (tertiary/aromatic N) is 3. The topological polar surface area (TPSA) is 46.2 Å². The van der Waals surface area contributed by atoms with E-state index in [1.165, 1.54) is 5.56 Å². The molecule has 32 heavy (non-hydrogen) atoms. The molecular formula is C26H26N4OS. The number of rotatable bonds is 6. The number of pyridine rings is 1. The molecule has 1 saturated heterocycles. The van der Waals surface area contributed by atoms with Gasteiger partial charge in [-0.2, -0.15) is 0 Å². The molecule has 1 aromatic carbocycles. The van der Waals surface area contributed by atoms with Gasteiger partial charge in [-0.1, -0.05) is 32.0 Å². The minimum absolute atomic E-state index is 0.0488.